The predicted molar refractivity (Wildman–Crippen MR) is 112 cm³/mol. The third-order valence-corrected chi connectivity index (χ3v) is 4.95. The third kappa shape index (κ3) is 4.50. The fourth-order valence-electron chi connectivity index (χ4n) is 2.65. The number of thioether (sulfide) groups is 1. The molecule has 0 aliphatic heterocycles. The number of aryl methyl sites for hydroxylation is 1. The largest absolute Gasteiger partial charge is 0.368 e. The van der Waals surface area contributed by atoms with Crippen molar-refractivity contribution in [3.05, 3.63) is 41.5 Å². The number of para-hydroxylation sites is 1. The fraction of sp³-hybridized carbons (Fsp3) is 0.389. The van der Waals surface area contributed by atoms with Gasteiger partial charge in [0.1, 0.15) is 5.82 Å². The Morgan fingerprint density at radius 1 is 1.11 bits per heavy atom. The van der Waals surface area contributed by atoms with Gasteiger partial charge in [-0.25, -0.2) is 4.68 Å². The van der Waals surface area contributed by atoms with Crippen molar-refractivity contribution in [1.82, 2.24) is 29.8 Å². The molecule has 0 atom stereocenters. The predicted octanol–water partition coefficient (Wildman–Crippen LogP) is 2.65. The van der Waals surface area contributed by atoms with Crippen LogP contribution < -0.4 is 16.9 Å². The van der Waals surface area contributed by atoms with Crippen LogP contribution in [0.1, 0.15) is 44.9 Å². The molecular formula is C18H25N9S. The molecule has 1 aromatic carbocycles. The van der Waals surface area contributed by atoms with Crippen molar-refractivity contribution in [2.45, 2.75) is 50.4 Å². The van der Waals surface area contributed by atoms with Gasteiger partial charge in [-0.1, -0.05) is 57.7 Å². The van der Waals surface area contributed by atoms with E-state index in [0.717, 1.165) is 12.1 Å². The first-order valence-electron chi connectivity index (χ1n) is 8.97. The summed E-state index contributed by atoms with van der Waals surface area (Å²) in [4.78, 5) is 12.9. The molecule has 3 rings (SSSR count). The lowest BCUT2D eigenvalue weighted by Crippen LogP contribution is -2.24. The first-order valence-corrected chi connectivity index (χ1v) is 9.95. The molecule has 28 heavy (non-hydrogen) atoms. The van der Waals surface area contributed by atoms with E-state index in [0.29, 0.717) is 28.5 Å². The summed E-state index contributed by atoms with van der Waals surface area (Å²) in [6.45, 7) is 8.20. The highest BCUT2D eigenvalue weighted by atomic mass is 32.2. The zero-order chi connectivity index (χ0) is 20.3. The highest BCUT2D eigenvalue weighted by Gasteiger charge is 2.23. The molecule has 0 aliphatic rings. The molecule has 0 spiro atoms. The van der Waals surface area contributed by atoms with E-state index in [1.165, 1.54) is 22.0 Å². The highest BCUT2D eigenvalue weighted by Crippen LogP contribution is 2.25. The van der Waals surface area contributed by atoms with Crippen LogP contribution in [0, 0.1) is 0 Å². The van der Waals surface area contributed by atoms with Crippen molar-refractivity contribution < 1.29 is 0 Å². The molecule has 0 aliphatic carbocycles. The molecule has 5 N–H and O–H groups in total. The standard InChI is InChI=1S/C18H25N9S/c1-5-11-8-6-7-9-12(11)21-16-23-13(22-15(19)24-16)10-28-17-26-25-14(27(17)20)18(2,3)4/h6-9H,5,10,20H2,1-4H3,(H3,19,21,22,23,24). The number of nitrogen functional groups attached to an aromatic ring is 2. The molecule has 0 amide bonds. The van der Waals surface area contributed by atoms with E-state index in [-0.39, 0.29) is 11.4 Å². The number of nitrogens with two attached hydrogens (primary N) is 2. The first-order chi connectivity index (χ1) is 13.3. The normalized spacial score (nSPS) is 11.6. The number of nitrogens with zero attached hydrogens (tertiary/aromatic N) is 6. The van der Waals surface area contributed by atoms with Gasteiger partial charge < -0.3 is 16.9 Å². The maximum Gasteiger partial charge on any atom is 0.232 e. The molecule has 0 radical (unpaired) electrons. The number of rotatable bonds is 6. The average Bonchev–Trinajstić information content (AvgIpc) is 3.01. The average molecular weight is 400 g/mol. The number of anilines is 3. The first kappa shape index (κ1) is 19.9. The van der Waals surface area contributed by atoms with Crippen LogP contribution in [0.4, 0.5) is 17.6 Å². The maximum absolute atomic E-state index is 6.13. The minimum Gasteiger partial charge on any atom is -0.368 e. The van der Waals surface area contributed by atoms with Gasteiger partial charge in [-0.3, -0.25) is 0 Å². The van der Waals surface area contributed by atoms with Crippen LogP contribution in [0.2, 0.25) is 0 Å². The molecule has 0 saturated carbocycles. The number of aromatic nitrogens is 6. The summed E-state index contributed by atoms with van der Waals surface area (Å²) < 4.78 is 1.51. The van der Waals surface area contributed by atoms with Crippen LogP contribution in [0.5, 0.6) is 0 Å². The van der Waals surface area contributed by atoms with Gasteiger partial charge in [0, 0.05) is 11.1 Å². The van der Waals surface area contributed by atoms with Gasteiger partial charge in [0.15, 0.2) is 5.82 Å². The molecule has 0 unspecified atom stereocenters. The van der Waals surface area contributed by atoms with Crippen molar-refractivity contribution in [2.75, 3.05) is 16.9 Å². The van der Waals surface area contributed by atoms with E-state index in [2.05, 4.69) is 43.5 Å². The smallest absolute Gasteiger partial charge is 0.232 e. The Hall–Kier alpha value is -2.88. The van der Waals surface area contributed by atoms with Crippen LogP contribution in [-0.4, -0.2) is 29.8 Å². The van der Waals surface area contributed by atoms with Gasteiger partial charge in [0.05, 0.1) is 5.75 Å². The van der Waals surface area contributed by atoms with Gasteiger partial charge in [-0.05, 0) is 18.1 Å². The van der Waals surface area contributed by atoms with Gasteiger partial charge in [0.2, 0.25) is 17.1 Å². The molecule has 2 heterocycles. The second kappa shape index (κ2) is 8.01. The molecule has 0 bridgehead atoms. The minimum absolute atomic E-state index is 0.159. The molecule has 10 heteroatoms. The second-order valence-electron chi connectivity index (χ2n) is 7.28. The monoisotopic (exact) mass is 399 g/mol. The molecule has 148 valence electrons. The minimum atomic E-state index is -0.193. The summed E-state index contributed by atoms with van der Waals surface area (Å²) >= 11 is 1.40. The lowest BCUT2D eigenvalue weighted by Gasteiger charge is -2.16. The summed E-state index contributed by atoms with van der Waals surface area (Å²) in [5.41, 5.74) is 7.80. The summed E-state index contributed by atoms with van der Waals surface area (Å²) in [5.74, 6) is 8.39. The van der Waals surface area contributed by atoms with Crippen molar-refractivity contribution in [1.29, 1.82) is 0 Å². The van der Waals surface area contributed by atoms with Gasteiger partial charge in [-0.2, -0.15) is 15.0 Å². The van der Waals surface area contributed by atoms with Crippen LogP contribution in [0.3, 0.4) is 0 Å². The number of nitrogens with one attached hydrogen (secondary N) is 1. The Morgan fingerprint density at radius 3 is 2.54 bits per heavy atom. The van der Waals surface area contributed by atoms with Gasteiger partial charge in [-0.15, -0.1) is 10.2 Å². The Kier molecular flexibility index (Phi) is 5.68. The Morgan fingerprint density at radius 2 is 1.86 bits per heavy atom. The molecule has 0 saturated heterocycles. The second-order valence-corrected chi connectivity index (χ2v) is 8.23. The lowest BCUT2D eigenvalue weighted by atomic mass is 9.96. The van der Waals surface area contributed by atoms with E-state index < -0.39 is 0 Å². The van der Waals surface area contributed by atoms with Crippen molar-refractivity contribution in [2.24, 2.45) is 0 Å². The number of hydrogen-bond acceptors (Lipinski definition) is 9. The molecule has 0 fully saturated rings. The maximum atomic E-state index is 6.13. The van der Waals surface area contributed by atoms with Crippen molar-refractivity contribution >= 4 is 29.3 Å². The summed E-state index contributed by atoms with van der Waals surface area (Å²) in [5, 5.41) is 12.2. The molecular weight excluding hydrogens is 374 g/mol. The number of benzene rings is 1. The Balaban J connectivity index is 1.76. The van der Waals surface area contributed by atoms with Crippen molar-refractivity contribution in [3.8, 4) is 0 Å². The van der Waals surface area contributed by atoms with Crippen LogP contribution in [-0.2, 0) is 17.6 Å². The number of hydrogen-bond donors (Lipinski definition) is 3. The highest BCUT2D eigenvalue weighted by molar-refractivity contribution is 7.98. The molecule has 3 aromatic rings. The third-order valence-electron chi connectivity index (χ3n) is 4.01. The summed E-state index contributed by atoms with van der Waals surface area (Å²) in [6.07, 6.45) is 0.898. The zero-order valence-corrected chi connectivity index (χ0v) is 17.3. The fourth-order valence-corrected chi connectivity index (χ4v) is 3.36. The van der Waals surface area contributed by atoms with E-state index >= 15 is 0 Å². The Labute approximate surface area is 168 Å². The van der Waals surface area contributed by atoms with E-state index in [1.54, 1.807) is 0 Å². The van der Waals surface area contributed by atoms with Crippen LogP contribution >= 0.6 is 11.8 Å². The van der Waals surface area contributed by atoms with Gasteiger partial charge >= 0.3 is 0 Å². The van der Waals surface area contributed by atoms with E-state index in [4.69, 9.17) is 11.6 Å². The topological polar surface area (TPSA) is 133 Å². The van der Waals surface area contributed by atoms with Crippen LogP contribution in [0.25, 0.3) is 0 Å². The molecule has 9 nitrogen and oxygen atoms in total. The van der Waals surface area contributed by atoms with Gasteiger partial charge in [0.25, 0.3) is 0 Å². The SMILES string of the molecule is CCc1ccccc1Nc1nc(N)nc(CSc2nnc(C(C)(C)C)n2N)n1. The van der Waals surface area contributed by atoms with Crippen LogP contribution in [0.15, 0.2) is 29.4 Å². The zero-order valence-electron chi connectivity index (χ0n) is 16.5. The Bertz CT molecular complexity index is 962. The van der Waals surface area contributed by atoms with E-state index in [1.807, 2.05) is 39.0 Å². The van der Waals surface area contributed by atoms with E-state index in [9.17, 15) is 0 Å². The summed E-state index contributed by atoms with van der Waals surface area (Å²) in [6, 6.07) is 8.01. The molecule has 2 aromatic heterocycles. The summed E-state index contributed by atoms with van der Waals surface area (Å²) in [7, 11) is 0. The lowest BCUT2D eigenvalue weighted by molar-refractivity contribution is 0.523. The van der Waals surface area contributed by atoms with Crippen molar-refractivity contribution in [3.63, 3.8) is 0 Å². The quantitative estimate of drug-likeness (QED) is 0.422.